The molecule has 0 unspecified atom stereocenters. The highest BCUT2D eigenvalue weighted by atomic mass is 35.5. The maximum absolute atomic E-state index is 6.10. The maximum Gasteiger partial charge on any atom is 0.137 e. The van der Waals surface area contributed by atoms with Crippen LogP contribution in [0.5, 0.6) is 11.5 Å². The van der Waals surface area contributed by atoms with Crippen molar-refractivity contribution in [1.29, 1.82) is 0 Å². The highest BCUT2D eigenvalue weighted by Gasteiger charge is 2.38. The molecule has 0 amide bonds. The van der Waals surface area contributed by atoms with E-state index in [1.807, 2.05) is 6.07 Å². The third kappa shape index (κ3) is 2.25. The van der Waals surface area contributed by atoms with E-state index < -0.39 is 0 Å². The molecule has 2 rings (SSSR count). The molecule has 1 aromatic carbocycles. The molecule has 4 heteroatoms. The molecule has 1 aromatic rings. The number of benzene rings is 1. The second-order valence-corrected chi connectivity index (χ2v) is 4.74. The number of methoxy groups -OCH3 is 2. The minimum Gasteiger partial charge on any atom is -0.496 e. The zero-order valence-electron chi connectivity index (χ0n) is 9.55. The lowest BCUT2D eigenvalue weighted by Crippen LogP contribution is -2.24. The van der Waals surface area contributed by atoms with Crippen LogP contribution in [0.15, 0.2) is 12.1 Å². The smallest absolute Gasteiger partial charge is 0.137 e. The molecular formula is C12H16ClNO2. The molecule has 0 bridgehead atoms. The van der Waals surface area contributed by atoms with E-state index in [4.69, 9.17) is 26.8 Å². The number of hydrogen-bond donors (Lipinski definition) is 1. The third-order valence-corrected chi connectivity index (χ3v) is 3.28. The summed E-state index contributed by atoms with van der Waals surface area (Å²) >= 11 is 6.03. The van der Waals surface area contributed by atoms with Crippen molar-refractivity contribution in [2.75, 3.05) is 14.2 Å². The Morgan fingerprint density at radius 2 is 1.88 bits per heavy atom. The summed E-state index contributed by atoms with van der Waals surface area (Å²) in [6.45, 7) is 0. The predicted molar refractivity (Wildman–Crippen MR) is 64.4 cm³/mol. The molecule has 1 saturated carbocycles. The van der Waals surface area contributed by atoms with Crippen LogP contribution in [-0.2, 0) is 6.42 Å². The molecule has 1 aliphatic carbocycles. The van der Waals surface area contributed by atoms with E-state index >= 15 is 0 Å². The topological polar surface area (TPSA) is 44.5 Å². The van der Waals surface area contributed by atoms with Gasteiger partial charge in [-0.2, -0.15) is 0 Å². The molecule has 1 aliphatic rings. The third-order valence-electron chi connectivity index (χ3n) is 2.99. The van der Waals surface area contributed by atoms with Crippen LogP contribution in [0.4, 0.5) is 0 Å². The number of ether oxygens (including phenoxy) is 2. The SMILES string of the molecule is COc1cc(CC2(N)CC2)c(OC)cc1Cl. The molecule has 88 valence electrons. The molecular weight excluding hydrogens is 226 g/mol. The van der Waals surface area contributed by atoms with E-state index in [1.54, 1.807) is 20.3 Å². The van der Waals surface area contributed by atoms with Gasteiger partial charge in [-0.25, -0.2) is 0 Å². The first-order valence-electron chi connectivity index (χ1n) is 5.27. The van der Waals surface area contributed by atoms with Crippen molar-refractivity contribution in [3.8, 4) is 11.5 Å². The summed E-state index contributed by atoms with van der Waals surface area (Å²) in [5.41, 5.74) is 7.11. The van der Waals surface area contributed by atoms with Crippen LogP contribution in [0.25, 0.3) is 0 Å². The minimum absolute atomic E-state index is 0.0495. The summed E-state index contributed by atoms with van der Waals surface area (Å²) in [5.74, 6) is 1.45. The normalized spacial score (nSPS) is 17.0. The quantitative estimate of drug-likeness (QED) is 0.881. The number of rotatable bonds is 4. The largest absolute Gasteiger partial charge is 0.496 e. The van der Waals surface area contributed by atoms with Gasteiger partial charge in [-0.15, -0.1) is 0 Å². The Kier molecular flexibility index (Phi) is 3.00. The van der Waals surface area contributed by atoms with Crippen molar-refractivity contribution in [3.05, 3.63) is 22.7 Å². The fraction of sp³-hybridized carbons (Fsp3) is 0.500. The molecule has 0 spiro atoms. The first kappa shape index (κ1) is 11.6. The monoisotopic (exact) mass is 241 g/mol. The summed E-state index contributed by atoms with van der Waals surface area (Å²) in [6.07, 6.45) is 2.95. The number of hydrogen-bond acceptors (Lipinski definition) is 3. The van der Waals surface area contributed by atoms with Crippen molar-refractivity contribution >= 4 is 11.6 Å². The van der Waals surface area contributed by atoms with Crippen LogP contribution >= 0.6 is 11.6 Å². The average Bonchev–Trinajstić information content (AvgIpc) is 2.98. The Morgan fingerprint density at radius 1 is 1.25 bits per heavy atom. The van der Waals surface area contributed by atoms with Gasteiger partial charge in [-0.3, -0.25) is 0 Å². The van der Waals surface area contributed by atoms with Crippen LogP contribution in [0, 0.1) is 0 Å². The Morgan fingerprint density at radius 3 is 2.38 bits per heavy atom. The average molecular weight is 242 g/mol. The van der Waals surface area contributed by atoms with Crippen LogP contribution in [0.2, 0.25) is 5.02 Å². The first-order chi connectivity index (χ1) is 7.58. The Balaban J connectivity index is 2.33. The maximum atomic E-state index is 6.10. The lowest BCUT2D eigenvalue weighted by Gasteiger charge is -2.15. The van der Waals surface area contributed by atoms with Crippen molar-refractivity contribution in [3.63, 3.8) is 0 Å². The molecule has 0 saturated heterocycles. The molecule has 1 fully saturated rings. The first-order valence-corrected chi connectivity index (χ1v) is 5.65. The van der Waals surface area contributed by atoms with Gasteiger partial charge >= 0.3 is 0 Å². The molecule has 2 N–H and O–H groups in total. The zero-order valence-corrected chi connectivity index (χ0v) is 10.3. The van der Waals surface area contributed by atoms with Crippen molar-refractivity contribution in [2.24, 2.45) is 5.73 Å². The minimum atomic E-state index is -0.0495. The summed E-state index contributed by atoms with van der Waals surface area (Å²) in [7, 11) is 3.24. The fourth-order valence-electron chi connectivity index (χ4n) is 1.78. The second-order valence-electron chi connectivity index (χ2n) is 4.34. The highest BCUT2D eigenvalue weighted by molar-refractivity contribution is 6.32. The van der Waals surface area contributed by atoms with Crippen molar-refractivity contribution < 1.29 is 9.47 Å². The van der Waals surface area contributed by atoms with Gasteiger partial charge < -0.3 is 15.2 Å². The molecule has 3 nitrogen and oxygen atoms in total. The Labute approximate surface area is 100 Å². The molecule has 0 aromatic heterocycles. The lowest BCUT2D eigenvalue weighted by molar-refractivity contribution is 0.397. The summed E-state index contributed by atoms with van der Waals surface area (Å²) < 4.78 is 10.5. The molecule has 16 heavy (non-hydrogen) atoms. The molecule has 0 radical (unpaired) electrons. The highest BCUT2D eigenvalue weighted by Crippen LogP contribution is 2.40. The number of nitrogens with two attached hydrogens (primary N) is 1. The van der Waals surface area contributed by atoms with E-state index in [9.17, 15) is 0 Å². The molecule has 0 atom stereocenters. The van der Waals surface area contributed by atoms with E-state index in [2.05, 4.69) is 0 Å². The van der Waals surface area contributed by atoms with Crippen molar-refractivity contribution in [2.45, 2.75) is 24.8 Å². The Hall–Kier alpha value is -0.930. The van der Waals surface area contributed by atoms with Gasteiger partial charge in [0.25, 0.3) is 0 Å². The zero-order chi connectivity index (χ0) is 11.8. The van der Waals surface area contributed by atoms with Gasteiger partial charge in [0.15, 0.2) is 0 Å². The van der Waals surface area contributed by atoms with Crippen LogP contribution in [0.1, 0.15) is 18.4 Å². The van der Waals surface area contributed by atoms with Gasteiger partial charge in [-0.1, -0.05) is 11.6 Å². The van der Waals surface area contributed by atoms with Gasteiger partial charge in [0.1, 0.15) is 11.5 Å². The summed E-state index contributed by atoms with van der Waals surface area (Å²) in [4.78, 5) is 0. The standard InChI is InChI=1S/C12H16ClNO2/c1-15-10-6-9(13)11(16-2)5-8(10)7-12(14)3-4-12/h5-6H,3-4,7,14H2,1-2H3. The van der Waals surface area contributed by atoms with Crippen LogP contribution in [-0.4, -0.2) is 19.8 Å². The lowest BCUT2D eigenvalue weighted by atomic mass is 10.0. The van der Waals surface area contributed by atoms with Gasteiger partial charge in [-0.05, 0) is 30.9 Å². The second kappa shape index (κ2) is 4.15. The number of halogens is 1. The Bertz CT molecular complexity index is 402. The molecule has 0 aliphatic heterocycles. The summed E-state index contributed by atoms with van der Waals surface area (Å²) in [6, 6.07) is 3.69. The van der Waals surface area contributed by atoms with Gasteiger partial charge in [0.05, 0.1) is 19.2 Å². The fourth-order valence-corrected chi connectivity index (χ4v) is 2.01. The summed E-state index contributed by atoms with van der Waals surface area (Å²) in [5, 5.41) is 0.560. The van der Waals surface area contributed by atoms with Gasteiger partial charge in [0, 0.05) is 11.6 Å². The van der Waals surface area contributed by atoms with E-state index in [-0.39, 0.29) is 5.54 Å². The van der Waals surface area contributed by atoms with Crippen LogP contribution in [0.3, 0.4) is 0 Å². The van der Waals surface area contributed by atoms with Crippen molar-refractivity contribution in [1.82, 2.24) is 0 Å². The van der Waals surface area contributed by atoms with E-state index in [0.29, 0.717) is 10.8 Å². The van der Waals surface area contributed by atoms with E-state index in [0.717, 1.165) is 30.6 Å². The van der Waals surface area contributed by atoms with Gasteiger partial charge in [0.2, 0.25) is 0 Å². The van der Waals surface area contributed by atoms with E-state index in [1.165, 1.54) is 0 Å². The predicted octanol–water partition coefficient (Wildman–Crippen LogP) is 2.39. The molecule has 0 heterocycles. The van der Waals surface area contributed by atoms with Crippen LogP contribution < -0.4 is 15.2 Å².